The SMILES string of the molecule is CCOc1nc2c(C)ccc(C(O)c3ccc(-c4ccccc4)c(C(=O)O)c3)n2c1Br. The number of pyridine rings is 1. The minimum absolute atomic E-state index is 0.130. The number of aliphatic hydroxyl groups is 1. The lowest BCUT2D eigenvalue weighted by atomic mass is 9.95. The molecular weight excluding hydrogens is 460 g/mol. The van der Waals surface area contributed by atoms with Crippen LogP contribution in [0, 0.1) is 6.92 Å². The van der Waals surface area contributed by atoms with Crippen molar-refractivity contribution in [1.29, 1.82) is 0 Å². The molecule has 31 heavy (non-hydrogen) atoms. The van der Waals surface area contributed by atoms with Crippen molar-refractivity contribution in [3.63, 3.8) is 0 Å². The van der Waals surface area contributed by atoms with E-state index in [0.29, 0.717) is 39.6 Å². The zero-order valence-electron chi connectivity index (χ0n) is 17.0. The lowest BCUT2D eigenvalue weighted by Gasteiger charge is -2.17. The normalized spacial score (nSPS) is 12.1. The van der Waals surface area contributed by atoms with Gasteiger partial charge in [-0.05, 0) is 64.2 Å². The molecule has 6 nitrogen and oxygen atoms in total. The summed E-state index contributed by atoms with van der Waals surface area (Å²) in [4.78, 5) is 16.5. The van der Waals surface area contributed by atoms with Gasteiger partial charge in [0, 0.05) is 0 Å². The molecule has 0 spiro atoms. The monoisotopic (exact) mass is 480 g/mol. The van der Waals surface area contributed by atoms with E-state index in [1.807, 2.05) is 50.2 Å². The number of imidazole rings is 1. The molecule has 158 valence electrons. The highest BCUT2D eigenvalue weighted by molar-refractivity contribution is 9.10. The van der Waals surface area contributed by atoms with E-state index in [4.69, 9.17) is 4.74 Å². The lowest BCUT2D eigenvalue weighted by Crippen LogP contribution is -2.09. The van der Waals surface area contributed by atoms with Gasteiger partial charge in [-0.25, -0.2) is 4.79 Å². The molecular formula is C24H21BrN2O4. The Kier molecular flexibility index (Phi) is 5.80. The summed E-state index contributed by atoms with van der Waals surface area (Å²) in [6, 6.07) is 18.0. The predicted octanol–water partition coefficient (Wildman–Crippen LogP) is 5.25. The summed E-state index contributed by atoms with van der Waals surface area (Å²) in [5.74, 6) is -0.611. The van der Waals surface area contributed by atoms with Gasteiger partial charge < -0.3 is 14.9 Å². The molecule has 2 N–H and O–H groups in total. The number of ether oxygens (including phenoxy) is 1. The van der Waals surface area contributed by atoms with E-state index in [1.54, 1.807) is 22.6 Å². The standard InChI is InChI=1S/C24H21BrN2O4/c1-3-31-23-21(25)27-19(12-9-14(2)22(27)26-23)20(28)16-10-11-17(18(13-16)24(29)30)15-7-5-4-6-8-15/h4-13,20,28H,3H2,1-2H3,(H,29,30). The Morgan fingerprint density at radius 3 is 2.58 bits per heavy atom. The topological polar surface area (TPSA) is 84.1 Å². The van der Waals surface area contributed by atoms with Gasteiger partial charge in [-0.2, -0.15) is 4.98 Å². The zero-order chi connectivity index (χ0) is 22.1. The fraction of sp³-hybridized carbons (Fsp3) is 0.167. The first-order chi connectivity index (χ1) is 14.9. The first-order valence-corrected chi connectivity index (χ1v) is 10.6. The summed E-state index contributed by atoms with van der Waals surface area (Å²) < 4.78 is 7.98. The maximum Gasteiger partial charge on any atom is 0.336 e. The van der Waals surface area contributed by atoms with Crippen LogP contribution >= 0.6 is 15.9 Å². The van der Waals surface area contributed by atoms with Crippen molar-refractivity contribution in [2.45, 2.75) is 20.0 Å². The van der Waals surface area contributed by atoms with Crippen LogP contribution in [-0.4, -0.2) is 32.2 Å². The number of carboxylic acids is 1. The van der Waals surface area contributed by atoms with E-state index < -0.39 is 12.1 Å². The molecule has 4 rings (SSSR count). The van der Waals surface area contributed by atoms with Gasteiger partial charge in [0.2, 0.25) is 5.88 Å². The first kappa shape index (κ1) is 21.1. The molecule has 2 aromatic carbocycles. The predicted molar refractivity (Wildman–Crippen MR) is 122 cm³/mol. The quantitative estimate of drug-likeness (QED) is 0.393. The molecule has 1 atom stereocenters. The van der Waals surface area contributed by atoms with Crippen LogP contribution in [0.25, 0.3) is 16.8 Å². The Hall–Kier alpha value is -3.16. The molecule has 2 aromatic heterocycles. The Morgan fingerprint density at radius 2 is 1.90 bits per heavy atom. The van der Waals surface area contributed by atoms with Gasteiger partial charge in [0.25, 0.3) is 0 Å². The van der Waals surface area contributed by atoms with Gasteiger partial charge in [0.05, 0.1) is 17.9 Å². The van der Waals surface area contributed by atoms with Crippen LogP contribution in [0.5, 0.6) is 5.88 Å². The second-order valence-electron chi connectivity index (χ2n) is 7.12. The second-order valence-corrected chi connectivity index (χ2v) is 7.87. The van der Waals surface area contributed by atoms with E-state index in [1.165, 1.54) is 6.07 Å². The van der Waals surface area contributed by atoms with E-state index in [2.05, 4.69) is 20.9 Å². The first-order valence-electron chi connectivity index (χ1n) is 9.83. The molecule has 2 heterocycles. The largest absolute Gasteiger partial charge is 0.478 e. The Bertz CT molecular complexity index is 1270. The number of rotatable bonds is 6. The van der Waals surface area contributed by atoms with Crippen molar-refractivity contribution >= 4 is 27.5 Å². The van der Waals surface area contributed by atoms with E-state index >= 15 is 0 Å². The molecule has 0 bridgehead atoms. The van der Waals surface area contributed by atoms with Gasteiger partial charge in [0.1, 0.15) is 11.8 Å². The fourth-order valence-electron chi connectivity index (χ4n) is 3.63. The van der Waals surface area contributed by atoms with Crippen molar-refractivity contribution in [2.75, 3.05) is 6.61 Å². The minimum atomic E-state index is -1.06. The number of benzene rings is 2. The number of aryl methyl sites for hydroxylation is 1. The number of hydrogen-bond acceptors (Lipinski definition) is 4. The Morgan fingerprint density at radius 1 is 1.16 bits per heavy atom. The summed E-state index contributed by atoms with van der Waals surface area (Å²) in [5, 5.41) is 21.0. The van der Waals surface area contributed by atoms with E-state index in [-0.39, 0.29) is 5.56 Å². The highest BCUT2D eigenvalue weighted by Gasteiger charge is 2.22. The molecule has 0 radical (unpaired) electrons. The molecule has 0 amide bonds. The molecule has 0 aliphatic carbocycles. The number of nitrogens with zero attached hydrogens (tertiary/aromatic N) is 2. The van der Waals surface area contributed by atoms with Crippen LogP contribution in [0.15, 0.2) is 65.3 Å². The average molecular weight is 481 g/mol. The molecule has 0 saturated carbocycles. The van der Waals surface area contributed by atoms with Gasteiger partial charge in [-0.1, -0.05) is 48.5 Å². The van der Waals surface area contributed by atoms with Crippen LogP contribution in [0.4, 0.5) is 0 Å². The average Bonchev–Trinajstić information content (AvgIpc) is 3.11. The fourth-order valence-corrected chi connectivity index (χ4v) is 4.21. The van der Waals surface area contributed by atoms with Crippen molar-refractivity contribution in [3.05, 3.63) is 87.7 Å². The third kappa shape index (κ3) is 3.82. The van der Waals surface area contributed by atoms with Crippen LogP contribution in [0.2, 0.25) is 0 Å². The molecule has 0 fully saturated rings. The number of carboxylic acid groups (broad SMARTS) is 1. The smallest absolute Gasteiger partial charge is 0.336 e. The van der Waals surface area contributed by atoms with Gasteiger partial charge in [0.15, 0.2) is 4.60 Å². The van der Waals surface area contributed by atoms with Crippen molar-refractivity contribution in [3.8, 4) is 17.0 Å². The van der Waals surface area contributed by atoms with Crippen molar-refractivity contribution < 1.29 is 19.7 Å². The van der Waals surface area contributed by atoms with Crippen molar-refractivity contribution in [2.24, 2.45) is 0 Å². The molecule has 0 saturated heterocycles. The summed E-state index contributed by atoms with van der Waals surface area (Å²) in [6.07, 6.45) is -1.06. The van der Waals surface area contributed by atoms with Crippen molar-refractivity contribution in [1.82, 2.24) is 9.38 Å². The van der Waals surface area contributed by atoms with Gasteiger partial charge in [-0.3, -0.25) is 4.40 Å². The lowest BCUT2D eigenvalue weighted by molar-refractivity contribution is 0.0697. The summed E-state index contributed by atoms with van der Waals surface area (Å²) in [5.41, 5.74) is 4.14. The van der Waals surface area contributed by atoms with Crippen LogP contribution in [-0.2, 0) is 0 Å². The van der Waals surface area contributed by atoms with Gasteiger partial charge >= 0.3 is 5.97 Å². The third-order valence-electron chi connectivity index (χ3n) is 5.14. The molecule has 0 aliphatic heterocycles. The van der Waals surface area contributed by atoms with E-state index in [0.717, 1.165) is 11.1 Å². The Labute approximate surface area is 187 Å². The second kappa shape index (κ2) is 8.53. The van der Waals surface area contributed by atoms with Gasteiger partial charge in [-0.15, -0.1) is 0 Å². The maximum atomic E-state index is 12.0. The third-order valence-corrected chi connectivity index (χ3v) is 5.84. The zero-order valence-corrected chi connectivity index (χ0v) is 18.6. The summed E-state index contributed by atoms with van der Waals surface area (Å²) >= 11 is 3.53. The number of hydrogen-bond donors (Lipinski definition) is 2. The number of halogens is 1. The molecule has 7 heteroatoms. The summed E-state index contributed by atoms with van der Waals surface area (Å²) in [6.45, 7) is 4.26. The molecule has 1 unspecified atom stereocenters. The highest BCUT2D eigenvalue weighted by atomic mass is 79.9. The molecule has 0 aliphatic rings. The highest BCUT2D eigenvalue weighted by Crippen LogP contribution is 2.34. The molecule has 4 aromatic rings. The Balaban J connectivity index is 1.84. The minimum Gasteiger partial charge on any atom is -0.478 e. The number of aromatic nitrogens is 2. The van der Waals surface area contributed by atoms with Crippen LogP contribution in [0.3, 0.4) is 0 Å². The number of carbonyl (C=O) groups is 1. The summed E-state index contributed by atoms with van der Waals surface area (Å²) in [7, 11) is 0. The van der Waals surface area contributed by atoms with E-state index in [9.17, 15) is 15.0 Å². The van der Waals surface area contributed by atoms with Crippen LogP contribution in [0.1, 0.15) is 40.2 Å². The van der Waals surface area contributed by atoms with Crippen LogP contribution < -0.4 is 4.74 Å². The number of aromatic carboxylic acids is 1. The number of fused-ring (bicyclic) bond motifs is 1. The number of aliphatic hydroxyl groups excluding tert-OH is 1. The maximum absolute atomic E-state index is 12.0.